The Bertz CT molecular complexity index is 151. The second kappa shape index (κ2) is 0.760. The number of fused-ring (bicyclic) bond motifs is 1. The minimum atomic E-state index is 0.245. The van der Waals surface area contributed by atoms with Gasteiger partial charge in [-0.1, -0.05) is 0 Å². The molecule has 2 aliphatic heterocycles. The maximum absolute atomic E-state index is 10.2. The monoisotopic (exact) mass is 109 g/mol. The van der Waals surface area contributed by atoms with E-state index in [0.29, 0.717) is 0 Å². The molecule has 0 aromatic rings. The quantitative estimate of drug-likeness (QED) is 0.456. The van der Waals surface area contributed by atoms with Gasteiger partial charge in [0, 0.05) is 6.04 Å². The van der Waals surface area contributed by atoms with Gasteiger partial charge >= 0.3 is 0 Å². The van der Waals surface area contributed by atoms with Crippen LogP contribution >= 0.6 is 0 Å². The summed E-state index contributed by atoms with van der Waals surface area (Å²) in [6.07, 6.45) is 1.06. The number of rotatable bonds is 1. The van der Waals surface area contributed by atoms with Gasteiger partial charge in [0.1, 0.15) is 6.29 Å². The first-order chi connectivity index (χ1) is 3.93. The number of carbonyl (C=O) groups excluding carboxylic acids is 1. The lowest BCUT2D eigenvalue weighted by atomic mass is 10.1. The van der Waals surface area contributed by atoms with Crippen LogP contribution in [0.5, 0.6) is 0 Å². The van der Waals surface area contributed by atoms with E-state index < -0.39 is 0 Å². The van der Waals surface area contributed by atoms with E-state index in [-0.39, 0.29) is 6.04 Å². The van der Waals surface area contributed by atoms with E-state index in [1.807, 2.05) is 0 Å². The number of nitrogens with one attached hydrogen (secondary N) is 1. The summed E-state index contributed by atoms with van der Waals surface area (Å²) >= 11 is 0. The van der Waals surface area contributed by atoms with Crippen molar-refractivity contribution in [2.24, 2.45) is 17.8 Å². The second-order valence-electron chi connectivity index (χ2n) is 3.09. The average molecular weight is 109 g/mol. The van der Waals surface area contributed by atoms with E-state index in [2.05, 4.69) is 5.32 Å². The lowest BCUT2D eigenvalue weighted by Gasteiger charge is -1.93. The Balaban J connectivity index is 1.95. The third-order valence-electron chi connectivity index (χ3n) is 2.83. The molecule has 2 heteroatoms. The average Bonchev–Trinajstić information content (AvgIpc) is 2.58. The molecular weight excluding hydrogens is 102 g/mol. The van der Waals surface area contributed by atoms with E-state index >= 15 is 0 Å². The molecule has 4 aliphatic rings. The maximum atomic E-state index is 10.2. The van der Waals surface area contributed by atoms with Crippen LogP contribution in [0.1, 0.15) is 0 Å². The summed E-state index contributed by atoms with van der Waals surface area (Å²) in [5, 5.41) is 3.25. The van der Waals surface area contributed by atoms with Crippen molar-refractivity contribution in [2.75, 3.05) is 0 Å². The van der Waals surface area contributed by atoms with Crippen LogP contribution in [0.3, 0.4) is 0 Å². The summed E-state index contributed by atoms with van der Waals surface area (Å²) in [6.45, 7) is 0. The number of aldehydes is 1. The molecule has 4 fully saturated rings. The van der Waals surface area contributed by atoms with E-state index in [4.69, 9.17) is 0 Å². The van der Waals surface area contributed by atoms with Gasteiger partial charge in [0.05, 0.1) is 6.04 Å². The largest absolute Gasteiger partial charge is 0.304 e. The minimum Gasteiger partial charge on any atom is -0.304 e. The molecule has 3 atom stereocenters. The highest BCUT2D eigenvalue weighted by Crippen LogP contribution is 2.73. The maximum Gasteiger partial charge on any atom is 0.137 e. The highest BCUT2D eigenvalue weighted by molar-refractivity contribution is 5.64. The first kappa shape index (κ1) is 3.62. The summed E-state index contributed by atoms with van der Waals surface area (Å²) in [5.41, 5.74) is 0. The molecule has 4 rings (SSSR count). The molecule has 2 heterocycles. The van der Waals surface area contributed by atoms with Crippen LogP contribution in [0.15, 0.2) is 0 Å². The molecule has 2 saturated heterocycles. The first-order valence-corrected chi connectivity index (χ1v) is 3.15. The van der Waals surface area contributed by atoms with E-state index in [9.17, 15) is 4.79 Å². The Kier molecular flexibility index (Phi) is 0.344. The van der Waals surface area contributed by atoms with Crippen LogP contribution < -0.4 is 5.32 Å². The molecule has 2 bridgehead atoms. The summed E-state index contributed by atoms with van der Waals surface area (Å²) in [4.78, 5) is 10.2. The fraction of sp³-hybridized carbons (Fsp3) is 0.833. The number of piperidine rings is 1. The topological polar surface area (TPSA) is 29.1 Å². The molecular formula is C6H7NO. The minimum absolute atomic E-state index is 0.245. The molecule has 0 amide bonds. The molecule has 0 aromatic heterocycles. The van der Waals surface area contributed by atoms with Crippen molar-refractivity contribution in [3.63, 3.8) is 0 Å². The molecule has 42 valence electrons. The third kappa shape index (κ3) is 0.184. The molecule has 0 aromatic carbocycles. The van der Waals surface area contributed by atoms with E-state index in [1.54, 1.807) is 0 Å². The Morgan fingerprint density at radius 1 is 1.25 bits per heavy atom. The van der Waals surface area contributed by atoms with Crippen molar-refractivity contribution in [2.45, 2.75) is 12.1 Å². The van der Waals surface area contributed by atoms with Crippen molar-refractivity contribution in [3.05, 3.63) is 0 Å². The summed E-state index contributed by atoms with van der Waals surface area (Å²) in [5.74, 6) is 2.65. The fourth-order valence-corrected chi connectivity index (χ4v) is 2.24. The highest BCUT2D eigenvalue weighted by Gasteiger charge is 2.80. The van der Waals surface area contributed by atoms with Gasteiger partial charge in [0.2, 0.25) is 0 Å². The Morgan fingerprint density at radius 2 is 2.00 bits per heavy atom. The molecule has 0 radical (unpaired) electrons. The van der Waals surface area contributed by atoms with Gasteiger partial charge in [0.15, 0.2) is 0 Å². The first-order valence-electron chi connectivity index (χ1n) is 3.15. The standard InChI is InChI=1S/C6H7NO/c8-1-2-3-4-5(3)6(4)7-2/h1-7H. The van der Waals surface area contributed by atoms with Crippen molar-refractivity contribution < 1.29 is 4.79 Å². The second-order valence-corrected chi connectivity index (χ2v) is 3.09. The van der Waals surface area contributed by atoms with Gasteiger partial charge in [-0.05, 0) is 17.8 Å². The molecule has 2 saturated carbocycles. The molecule has 2 nitrogen and oxygen atoms in total. The Morgan fingerprint density at radius 3 is 2.25 bits per heavy atom. The molecule has 1 N–H and O–H groups in total. The van der Waals surface area contributed by atoms with Gasteiger partial charge in [-0.15, -0.1) is 0 Å². The predicted molar refractivity (Wildman–Crippen MR) is 27.2 cm³/mol. The van der Waals surface area contributed by atoms with Crippen molar-refractivity contribution in [1.29, 1.82) is 0 Å². The summed E-state index contributed by atoms with van der Waals surface area (Å²) < 4.78 is 0. The van der Waals surface area contributed by atoms with Crippen LogP contribution in [0.25, 0.3) is 0 Å². The van der Waals surface area contributed by atoms with Crippen molar-refractivity contribution >= 4 is 6.29 Å². The lowest BCUT2D eigenvalue weighted by molar-refractivity contribution is -0.109. The summed E-state index contributed by atoms with van der Waals surface area (Å²) in [6, 6.07) is 1.02. The Labute approximate surface area is 47.3 Å². The number of hydrogen-bond donors (Lipinski definition) is 1. The number of carbonyl (C=O) groups is 1. The smallest absolute Gasteiger partial charge is 0.137 e. The lowest BCUT2D eigenvalue weighted by Crippen LogP contribution is -2.22. The van der Waals surface area contributed by atoms with E-state index in [1.165, 1.54) is 0 Å². The zero-order chi connectivity index (χ0) is 5.30. The molecule has 8 heavy (non-hydrogen) atoms. The van der Waals surface area contributed by atoms with Gasteiger partial charge in [-0.25, -0.2) is 0 Å². The van der Waals surface area contributed by atoms with Crippen LogP contribution in [0.4, 0.5) is 0 Å². The summed E-state index contributed by atoms with van der Waals surface area (Å²) in [7, 11) is 0. The number of hydrogen-bond acceptors (Lipinski definition) is 2. The van der Waals surface area contributed by atoms with Gasteiger partial charge in [0.25, 0.3) is 0 Å². The molecule has 0 spiro atoms. The van der Waals surface area contributed by atoms with Crippen LogP contribution in [0, 0.1) is 17.8 Å². The third-order valence-corrected chi connectivity index (χ3v) is 2.83. The van der Waals surface area contributed by atoms with Crippen LogP contribution in [-0.4, -0.2) is 18.4 Å². The van der Waals surface area contributed by atoms with Gasteiger partial charge < -0.3 is 10.1 Å². The van der Waals surface area contributed by atoms with Crippen molar-refractivity contribution in [3.8, 4) is 0 Å². The predicted octanol–water partition coefficient (Wildman–Crippen LogP) is -0.599. The van der Waals surface area contributed by atoms with Crippen LogP contribution in [0.2, 0.25) is 0 Å². The Hall–Kier alpha value is -0.370. The normalized spacial score (nSPS) is 71.8. The van der Waals surface area contributed by atoms with E-state index in [0.717, 1.165) is 30.1 Å². The zero-order valence-electron chi connectivity index (χ0n) is 4.37. The van der Waals surface area contributed by atoms with Gasteiger partial charge in [-0.3, -0.25) is 0 Å². The SMILES string of the molecule is O=CC1NC2C3C1C23. The van der Waals surface area contributed by atoms with Crippen molar-refractivity contribution in [1.82, 2.24) is 5.32 Å². The molecule has 2 aliphatic carbocycles. The zero-order valence-corrected chi connectivity index (χ0v) is 4.37. The molecule has 3 unspecified atom stereocenters. The highest BCUT2D eigenvalue weighted by atomic mass is 16.1. The van der Waals surface area contributed by atoms with Crippen LogP contribution in [-0.2, 0) is 4.79 Å². The van der Waals surface area contributed by atoms with Gasteiger partial charge in [-0.2, -0.15) is 0 Å². The fourth-order valence-electron chi connectivity index (χ4n) is 2.24.